The first-order valence-electron chi connectivity index (χ1n) is 7.27. The summed E-state index contributed by atoms with van der Waals surface area (Å²) in [6, 6.07) is 10.1. The second-order valence-electron chi connectivity index (χ2n) is 5.40. The Morgan fingerprint density at radius 2 is 1.72 bits per heavy atom. The summed E-state index contributed by atoms with van der Waals surface area (Å²) >= 11 is 0. The van der Waals surface area contributed by atoms with Crippen LogP contribution in [0.2, 0.25) is 0 Å². The maximum absolute atomic E-state index is 12.2. The van der Waals surface area contributed by atoms with Crippen LogP contribution in [0.15, 0.2) is 42.5 Å². The van der Waals surface area contributed by atoms with Gasteiger partial charge >= 0.3 is 5.97 Å². The molecular weight excluding hydrogens is 328 g/mol. The van der Waals surface area contributed by atoms with Crippen LogP contribution < -0.4 is 0 Å². The minimum absolute atomic E-state index is 0.0970. The summed E-state index contributed by atoms with van der Waals surface area (Å²) in [5, 5.41) is 10.8. The fraction of sp³-hybridized carbons (Fsp3) is 0.118. The first kappa shape index (κ1) is 16.3. The van der Waals surface area contributed by atoms with Crippen molar-refractivity contribution in [2.24, 2.45) is 0 Å². The van der Waals surface area contributed by atoms with Gasteiger partial charge in [-0.2, -0.15) is 0 Å². The summed E-state index contributed by atoms with van der Waals surface area (Å²) in [7, 11) is 0. The molecule has 0 unspecified atom stereocenters. The molecule has 0 N–H and O–H groups in total. The lowest BCUT2D eigenvalue weighted by Gasteiger charge is -2.14. The zero-order valence-corrected chi connectivity index (χ0v) is 13.1. The molecule has 0 aliphatic carbocycles. The van der Waals surface area contributed by atoms with Crippen LogP contribution in [-0.4, -0.2) is 34.3 Å². The van der Waals surface area contributed by atoms with Gasteiger partial charge in [-0.05, 0) is 31.2 Å². The maximum atomic E-state index is 12.2. The summed E-state index contributed by atoms with van der Waals surface area (Å²) < 4.78 is 5.01. The van der Waals surface area contributed by atoms with Gasteiger partial charge in [0, 0.05) is 11.6 Å². The SMILES string of the molecule is Cc1cc(C(=O)OCN2C(=O)c3ccccc3C2=O)ccc1[N+](=O)[O-]. The highest BCUT2D eigenvalue weighted by atomic mass is 16.6. The number of carbonyl (C=O) groups is 3. The molecule has 8 heteroatoms. The fourth-order valence-corrected chi connectivity index (χ4v) is 2.55. The fourth-order valence-electron chi connectivity index (χ4n) is 2.55. The number of nitro groups is 1. The monoisotopic (exact) mass is 340 g/mol. The van der Waals surface area contributed by atoms with Crippen molar-refractivity contribution in [3.8, 4) is 0 Å². The van der Waals surface area contributed by atoms with Crippen molar-refractivity contribution in [3.63, 3.8) is 0 Å². The van der Waals surface area contributed by atoms with Gasteiger partial charge in [-0.15, -0.1) is 0 Å². The highest BCUT2D eigenvalue weighted by molar-refractivity contribution is 6.21. The van der Waals surface area contributed by atoms with E-state index in [1.165, 1.54) is 37.3 Å². The summed E-state index contributed by atoms with van der Waals surface area (Å²) in [6.45, 7) is 0.973. The van der Waals surface area contributed by atoms with Crippen molar-refractivity contribution in [3.05, 3.63) is 74.8 Å². The van der Waals surface area contributed by atoms with E-state index in [-0.39, 0.29) is 22.4 Å². The molecule has 2 aromatic rings. The minimum atomic E-state index is -0.783. The lowest BCUT2D eigenvalue weighted by atomic mass is 10.1. The Labute approximate surface area is 141 Å². The zero-order chi connectivity index (χ0) is 18.1. The van der Waals surface area contributed by atoms with Crippen LogP contribution in [-0.2, 0) is 4.74 Å². The maximum Gasteiger partial charge on any atom is 0.339 e. The van der Waals surface area contributed by atoms with Crippen LogP contribution >= 0.6 is 0 Å². The second-order valence-corrected chi connectivity index (χ2v) is 5.40. The number of benzene rings is 2. The number of ether oxygens (including phenoxy) is 1. The van der Waals surface area contributed by atoms with Crippen LogP contribution in [0.5, 0.6) is 0 Å². The van der Waals surface area contributed by atoms with Gasteiger partial charge in [-0.1, -0.05) is 12.1 Å². The van der Waals surface area contributed by atoms with E-state index in [1.807, 2.05) is 0 Å². The van der Waals surface area contributed by atoms with Crippen molar-refractivity contribution in [2.75, 3.05) is 6.73 Å². The number of esters is 1. The Hall–Kier alpha value is -3.55. The van der Waals surface area contributed by atoms with Crippen molar-refractivity contribution >= 4 is 23.5 Å². The van der Waals surface area contributed by atoms with Crippen molar-refractivity contribution < 1.29 is 24.0 Å². The predicted octanol–water partition coefficient (Wildman–Crippen LogP) is 2.31. The van der Waals surface area contributed by atoms with E-state index in [9.17, 15) is 24.5 Å². The van der Waals surface area contributed by atoms with Crippen LogP contribution in [0.3, 0.4) is 0 Å². The van der Waals surface area contributed by atoms with Gasteiger partial charge in [0.25, 0.3) is 17.5 Å². The third-order valence-corrected chi connectivity index (χ3v) is 3.83. The smallest absolute Gasteiger partial charge is 0.339 e. The van der Waals surface area contributed by atoms with E-state index in [4.69, 9.17) is 4.74 Å². The average Bonchev–Trinajstić information content (AvgIpc) is 2.84. The Morgan fingerprint density at radius 3 is 2.24 bits per heavy atom. The van der Waals surface area contributed by atoms with Gasteiger partial charge < -0.3 is 4.74 Å². The van der Waals surface area contributed by atoms with E-state index >= 15 is 0 Å². The Bertz CT molecular complexity index is 886. The van der Waals surface area contributed by atoms with Gasteiger partial charge in [-0.25, -0.2) is 9.69 Å². The third kappa shape index (κ3) is 2.85. The summed E-state index contributed by atoms with van der Waals surface area (Å²) in [6.07, 6.45) is 0. The Balaban J connectivity index is 1.71. The molecule has 1 aliphatic heterocycles. The van der Waals surface area contributed by atoms with E-state index < -0.39 is 29.4 Å². The predicted molar refractivity (Wildman–Crippen MR) is 85.1 cm³/mol. The largest absolute Gasteiger partial charge is 0.440 e. The number of nitrogens with zero attached hydrogens (tertiary/aromatic N) is 2. The number of carbonyl (C=O) groups excluding carboxylic acids is 3. The first-order valence-corrected chi connectivity index (χ1v) is 7.27. The molecule has 2 aromatic carbocycles. The van der Waals surface area contributed by atoms with Crippen LogP contribution in [0.1, 0.15) is 36.6 Å². The van der Waals surface area contributed by atoms with Crippen molar-refractivity contribution in [1.29, 1.82) is 0 Å². The van der Waals surface area contributed by atoms with E-state index in [0.717, 1.165) is 4.90 Å². The number of rotatable bonds is 4. The van der Waals surface area contributed by atoms with Crippen molar-refractivity contribution in [1.82, 2.24) is 4.90 Å². The molecule has 3 rings (SSSR count). The highest BCUT2D eigenvalue weighted by Gasteiger charge is 2.35. The van der Waals surface area contributed by atoms with Crippen LogP contribution in [0, 0.1) is 17.0 Å². The molecule has 0 saturated heterocycles. The van der Waals surface area contributed by atoms with Gasteiger partial charge in [-0.3, -0.25) is 19.7 Å². The summed E-state index contributed by atoms with van der Waals surface area (Å²) in [4.78, 5) is 47.5. The standard InChI is InChI=1S/C17H12N2O6/c1-10-8-11(6-7-14(10)19(23)24)17(22)25-9-18-15(20)12-4-2-3-5-13(12)16(18)21/h2-8H,9H2,1H3. The van der Waals surface area contributed by atoms with Gasteiger partial charge in [0.05, 0.1) is 21.6 Å². The molecule has 2 amide bonds. The molecule has 8 nitrogen and oxygen atoms in total. The lowest BCUT2D eigenvalue weighted by molar-refractivity contribution is -0.385. The normalized spacial score (nSPS) is 12.9. The van der Waals surface area contributed by atoms with Crippen molar-refractivity contribution in [2.45, 2.75) is 6.92 Å². The molecule has 1 aliphatic rings. The molecule has 0 bridgehead atoms. The second kappa shape index (κ2) is 6.16. The molecule has 25 heavy (non-hydrogen) atoms. The number of fused-ring (bicyclic) bond motifs is 1. The molecule has 126 valence electrons. The minimum Gasteiger partial charge on any atom is -0.440 e. The van der Waals surface area contributed by atoms with Crippen LogP contribution in [0.25, 0.3) is 0 Å². The van der Waals surface area contributed by atoms with Gasteiger partial charge in [0.1, 0.15) is 0 Å². The third-order valence-electron chi connectivity index (χ3n) is 3.83. The van der Waals surface area contributed by atoms with Gasteiger partial charge in [0.15, 0.2) is 6.73 Å². The molecule has 0 atom stereocenters. The Kier molecular flexibility index (Phi) is 4.02. The molecular formula is C17H12N2O6. The number of imide groups is 1. The average molecular weight is 340 g/mol. The molecule has 0 fully saturated rings. The molecule has 0 aromatic heterocycles. The van der Waals surface area contributed by atoms with Gasteiger partial charge in [0.2, 0.25) is 0 Å². The number of hydrogen-bond acceptors (Lipinski definition) is 6. The zero-order valence-electron chi connectivity index (χ0n) is 13.1. The highest BCUT2D eigenvalue weighted by Crippen LogP contribution is 2.23. The van der Waals surface area contributed by atoms with E-state index in [2.05, 4.69) is 0 Å². The van der Waals surface area contributed by atoms with E-state index in [0.29, 0.717) is 5.56 Å². The topological polar surface area (TPSA) is 107 Å². The lowest BCUT2D eigenvalue weighted by Crippen LogP contribution is -2.33. The molecule has 0 spiro atoms. The summed E-state index contributed by atoms with van der Waals surface area (Å²) in [5.74, 6) is -1.85. The van der Waals surface area contributed by atoms with E-state index in [1.54, 1.807) is 12.1 Å². The van der Waals surface area contributed by atoms with Crippen LogP contribution in [0.4, 0.5) is 5.69 Å². The Morgan fingerprint density at radius 1 is 1.12 bits per heavy atom. The summed E-state index contributed by atoms with van der Waals surface area (Å²) in [5.41, 5.74) is 0.807. The quantitative estimate of drug-likeness (QED) is 0.366. The first-order chi connectivity index (χ1) is 11.9. The molecule has 0 radical (unpaired) electrons. The number of aryl methyl sites for hydroxylation is 1. The molecule has 1 heterocycles. The number of amides is 2. The molecule has 0 saturated carbocycles. The number of nitro benzene ring substituents is 1. The number of hydrogen-bond donors (Lipinski definition) is 0.